The van der Waals surface area contributed by atoms with Crippen molar-refractivity contribution in [2.75, 3.05) is 0 Å². The summed E-state index contributed by atoms with van der Waals surface area (Å²) in [5, 5.41) is 1.97. The van der Waals surface area contributed by atoms with Gasteiger partial charge in [-0.1, -0.05) is 24.9 Å². The number of nitrogens with one attached hydrogen (secondary N) is 1. The first kappa shape index (κ1) is 14.5. The molecule has 2 aromatic rings. The summed E-state index contributed by atoms with van der Waals surface area (Å²) in [5.41, 5.74) is -0.121. The van der Waals surface area contributed by atoms with Gasteiger partial charge in [0.05, 0.1) is 11.1 Å². The Kier molecular flexibility index (Phi) is 4.20. The number of H-pyrrole nitrogens is 1. The molecule has 1 fully saturated rings. The molecule has 0 bridgehead atoms. The zero-order valence-electron chi connectivity index (χ0n) is 12.2. The summed E-state index contributed by atoms with van der Waals surface area (Å²) in [4.78, 5) is 14.4. The van der Waals surface area contributed by atoms with Crippen LogP contribution in [0.5, 0.6) is 5.75 Å². The number of aromatic nitrogens is 1. The Morgan fingerprint density at radius 1 is 1.29 bits per heavy atom. The predicted molar refractivity (Wildman–Crippen MR) is 86.2 cm³/mol. The largest absolute Gasteiger partial charge is 0.489 e. The highest BCUT2D eigenvalue weighted by atomic mass is 35.5. The molecule has 3 nitrogen and oxygen atoms in total. The van der Waals surface area contributed by atoms with E-state index >= 15 is 0 Å². The highest BCUT2D eigenvalue weighted by molar-refractivity contribution is 6.32. The quantitative estimate of drug-likeness (QED) is 0.905. The van der Waals surface area contributed by atoms with Gasteiger partial charge in [0, 0.05) is 11.6 Å². The van der Waals surface area contributed by atoms with Crippen molar-refractivity contribution >= 4 is 22.4 Å². The molecule has 0 saturated heterocycles. The van der Waals surface area contributed by atoms with E-state index in [1.54, 1.807) is 12.3 Å². The minimum Gasteiger partial charge on any atom is -0.489 e. The monoisotopic (exact) mass is 305 g/mol. The molecule has 0 atom stereocenters. The second-order valence-corrected chi connectivity index (χ2v) is 6.25. The smallest absolute Gasteiger partial charge is 0.255 e. The first-order valence-electron chi connectivity index (χ1n) is 7.65. The van der Waals surface area contributed by atoms with E-state index in [0.717, 1.165) is 24.1 Å². The van der Waals surface area contributed by atoms with Crippen LogP contribution in [0.15, 0.2) is 29.2 Å². The summed E-state index contributed by atoms with van der Waals surface area (Å²) in [7, 11) is 0. The third kappa shape index (κ3) is 3.08. The number of hydrogen-bond donors (Lipinski definition) is 1. The molecule has 1 aliphatic rings. The van der Waals surface area contributed by atoms with Crippen molar-refractivity contribution in [1.29, 1.82) is 0 Å². The van der Waals surface area contributed by atoms with Crippen LogP contribution in [-0.2, 0) is 0 Å². The molecule has 1 aliphatic carbocycles. The van der Waals surface area contributed by atoms with E-state index in [-0.39, 0.29) is 11.7 Å². The van der Waals surface area contributed by atoms with Gasteiger partial charge in [-0.25, -0.2) is 0 Å². The van der Waals surface area contributed by atoms with Crippen LogP contribution in [0.2, 0.25) is 5.02 Å². The molecule has 0 radical (unpaired) electrons. The zero-order chi connectivity index (χ0) is 14.8. The van der Waals surface area contributed by atoms with Crippen molar-refractivity contribution in [2.24, 2.45) is 5.92 Å². The minimum atomic E-state index is -0.121. The number of pyridine rings is 1. The van der Waals surface area contributed by atoms with Crippen molar-refractivity contribution < 1.29 is 4.74 Å². The number of ether oxygens (including phenoxy) is 1. The van der Waals surface area contributed by atoms with Gasteiger partial charge >= 0.3 is 0 Å². The second kappa shape index (κ2) is 6.10. The molecule has 1 saturated carbocycles. The van der Waals surface area contributed by atoms with Gasteiger partial charge in [0.1, 0.15) is 5.75 Å². The van der Waals surface area contributed by atoms with Gasteiger partial charge in [-0.2, -0.15) is 0 Å². The Bertz CT molecular complexity index is 687. The van der Waals surface area contributed by atoms with Crippen molar-refractivity contribution in [1.82, 2.24) is 4.98 Å². The highest BCUT2D eigenvalue weighted by Gasteiger charge is 2.22. The van der Waals surface area contributed by atoms with Gasteiger partial charge in [-0.05, 0) is 55.2 Å². The summed E-state index contributed by atoms with van der Waals surface area (Å²) in [5.74, 6) is 1.53. The average Bonchev–Trinajstić information content (AvgIpc) is 2.50. The first-order chi connectivity index (χ1) is 10.2. The van der Waals surface area contributed by atoms with Gasteiger partial charge in [0.15, 0.2) is 0 Å². The Balaban J connectivity index is 1.81. The normalized spacial score (nSPS) is 22.4. The van der Waals surface area contributed by atoms with Crippen LogP contribution in [0.1, 0.15) is 39.0 Å². The Morgan fingerprint density at radius 3 is 2.76 bits per heavy atom. The van der Waals surface area contributed by atoms with E-state index in [0.29, 0.717) is 16.2 Å². The van der Waals surface area contributed by atoms with E-state index in [1.165, 1.54) is 19.3 Å². The van der Waals surface area contributed by atoms with Crippen LogP contribution < -0.4 is 10.3 Å². The highest BCUT2D eigenvalue weighted by Crippen LogP contribution is 2.33. The molecule has 1 N–H and O–H groups in total. The predicted octanol–water partition coefficient (Wildman–Crippen LogP) is 4.53. The maximum absolute atomic E-state index is 11.7. The molecule has 112 valence electrons. The number of halogens is 1. The molecule has 0 amide bonds. The van der Waals surface area contributed by atoms with Crippen molar-refractivity contribution in [3.05, 3.63) is 39.8 Å². The van der Waals surface area contributed by atoms with Gasteiger partial charge in [-0.15, -0.1) is 0 Å². The van der Waals surface area contributed by atoms with Crippen LogP contribution in [0.3, 0.4) is 0 Å². The summed E-state index contributed by atoms with van der Waals surface area (Å²) >= 11 is 6.27. The molecule has 1 aromatic carbocycles. The molecule has 0 spiro atoms. The number of benzene rings is 1. The third-order valence-corrected chi connectivity index (χ3v) is 4.79. The molecule has 1 heterocycles. The van der Waals surface area contributed by atoms with E-state index in [4.69, 9.17) is 16.3 Å². The molecule has 3 rings (SSSR count). The average molecular weight is 306 g/mol. The second-order valence-electron chi connectivity index (χ2n) is 5.85. The van der Waals surface area contributed by atoms with Gasteiger partial charge < -0.3 is 9.72 Å². The summed E-state index contributed by atoms with van der Waals surface area (Å²) in [6.45, 7) is 2.25. The van der Waals surface area contributed by atoms with Crippen LogP contribution >= 0.6 is 11.6 Å². The SMILES string of the molecule is CCC1CCC(Oc2cc3cc[nH]c(=O)c3cc2Cl)CC1. The van der Waals surface area contributed by atoms with E-state index in [9.17, 15) is 4.79 Å². The number of hydrogen-bond acceptors (Lipinski definition) is 2. The van der Waals surface area contributed by atoms with Gasteiger partial charge in [0.25, 0.3) is 5.56 Å². The fourth-order valence-electron chi connectivity index (χ4n) is 3.12. The third-order valence-electron chi connectivity index (χ3n) is 4.49. The minimum absolute atomic E-state index is 0.121. The lowest BCUT2D eigenvalue weighted by molar-refractivity contribution is 0.130. The zero-order valence-corrected chi connectivity index (χ0v) is 13.0. The van der Waals surface area contributed by atoms with E-state index in [2.05, 4.69) is 11.9 Å². The van der Waals surface area contributed by atoms with Gasteiger partial charge in [0.2, 0.25) is 0 Å². The van der Waals surface area contributed by atoms with E-state index < -0.39 is 0 Å². The maximum atomic E-state index is 11.7. The Labute approximate surface area is 129 Å². The maximum Gasteiger partial charge on any atom is 0.255 e. The van der Waals surface area contributed by atoms with Crippen molar-refractivity contribution in [3.8, 4) is 5.75 Å². The lowest BCUT2D eigenvalue weighted by Crippen LogP contribution is -2.24. The Morgan fingerprint density at radius 2 is 2.05 bits per heavy atom. The van der Waals surface area contributed by atoms with Crippen LogP contribution in [0, 0.1) is 5.92 Å². The lowest BCUT2D eigenvalue weighted by Gasteiger charge is -2.28. The number of fused-ring (bicyclic) bond motifs is 1. The summed E-state index contributed by atoms with van der Waals surface area (Å²) < 4.78 is 6.08. The van der Waals surface area contributed by atoms with Crippen molar-refractivity contribution in [3.63, 3.8) is 0 Å². The van der Waals surface area contributed by atoms with Crippen LogP contribution in [-0.4, -0.2) is 11.1 Å². The van der Waals surface area contributed by atoms with Crippen LogP contribution in [0.25, 0.3) is 10.8 Å². The standard InChI is InChI=1S/C17H20ClNO2/c1-2-11-3-5-13(6-4-11)21-16-9-12-7-8-19-17(20)14(12)10-15(16)18/h7-11,13H,2-6H2,1H3,(H,19,20). The van der Waals surface area contributed by atoms with E-state index in [1.807, 2.05) is 12.1 Å². The fourth-order valence-corrected chi connectivity index (χ4v) is 3.32. The molecule has 1 aromatic heterocycles. The van der Waals surface area contributed by atoms with Gasteiger partial charge in [-0.3, -0.25) is 4.79 Å². The topological polar surface area (TPSA) is 42.1 Å². The summed E-state index contributed by atoms with van der Waals surface area (Å²) in [6.07, 6.45) is 7.77. The lowest BCUT2D eigenvalue weighted by atomic mass is 9.86. The molecule has 0 aliphatic heterocycles. The van der Waals surface area contributed by atoms with Crippen LogP contribution in [0.4, 0.5) is 0 Å². The molecule has 4 heteroatoms. The fraction of sp³-hybridized carbons (Fsp3) is 0.471. The number of rotatable bonds is 3. The molecular formula is C17H20ClNO2. The Hall–Kier alpha value is -1.48. The molecular weight excluding hydrogens is 286 g/mol. The number of aromatic amines is 1. The first-order valence-corrected chi connectivity index (χ1v) is 8.02. The molecule has 0 unspecified atom stereocenters. The molecule has 21 heavy (non-hydrogen) atoms. The van der Waals surface area contributed by atoms with Crippen molar-refractivity contribution in [2.45, 2.75) is 45.1 Å². The summed E-state index contributed by atoms with van der Waals surface area (Å²) in [6, 6.07) is 5.44.